The number of ether oxygens (including phenoxy) is 1. The quantitative estimate of drug-likeness (QED) is 0.837. The van der Waals surface area contributed by atoms with Gasteiger partial charge in [-0.05, 0) is 13.8 Å². The van der Waals surface area contributed by atoms with Crippen LogP contribution in [0.2, 0.25) is 0 Å². The minimum absolute atomic E-state index is 0.648. The molecule has 3 rings (SSSR count). The summed E-state index contributed by atoms with van der Waals surface area (Å²) in [5.41, 5.74) is 0. The predicted octanol–water partition coefficient (Wildman–Crippen LogP) is 1.31. The zero-order valence-corrected chi connectivity index (χ0v) is 13.9. The number of thiazole rings is 1. The van der Waals surface area contributed by atoms with E-state index in [9.17, 15) is 0 Å². The molecule has 0 saturated carbocycles. The highest BCUT2D eigenvalue weighted by Gasteiger charge is 2.21. The SMILES string of the molecule is CC(C)N1CCN(c2[c]nc(CN3CCOCC3)s2)CC1. The molecule has 5 nitrogen and oxygen atoms in total. The van der Waals surface area contributed by atoms with Gasteiger partial charge in [0, 0.05) is 45.3 Å². The highest BCUT2D eigenvalue weighted by Crippen LogP contribution is 2.25. The first-order chi connectivity index (χ1) is 10.2. The maximum Gasteiger partial charge on any atom is 0.127 e. The Morgan fingerprint density at radius 2 is 1.86 bits per heavy atom. The Morgan fingerprint density at radius 1 is 1.14 bits per heavy atom. The topological polar surface area (TPSA) is 31.8 Å². The van der Waals surface area contributed by atoms with Crippen LogP contribution in [0, 0.1) is 6.20 Å². The fourth-order valence-corrected chi connectivity index (χ4v) is 3.83. The molecule has 0 amide bonds. The molecule has 0 unspecified atom stereocenters. The van der Waals surface area contributed by atoms with Gasteiger partial charge in [-0.25, -0.2) is 4.98 Å². The molecule has 0 atom stereocenters. The van der Waals surface area contributed by atoms with E-state index in [-0.39, 0.29) is 0 Å². The van der Waals surface area contributed by atoms with Crippen LogP contribution in [0.5, 0.6) is 0 Å². The van der Waals surface area contributed by atoms with Crippen molar-refractivity contribution in [2.75, 3.05) is 57.4 Å². The molecular formula is C15H25N4OS. The summed E-state index contributed by atoms with van der Waals surface area (Å²) in [5.74, 6) is 0. The van der Waals surface area contributed by atoms with Crippen molar-refractivity contribution in [3.63, 3.8) is 0 Å². The lowest BCUT2D eigenvalue weighted by molar-refractivity contribution is 0.0341. The number of hydrogen-bond donors (Lipinski definition) is 0. The van der Waals surface area contributed by atoms with Crippen molar-refractivity contribution in [2.24, 2.45) is 0 Å². The van der Waals surface area contributed by atoms with Crippen LogP contribution in [-0.4, -0.2) is 73.3 Å². The van der Waals surface area contributed by atoms with E-state index in [0.717, 1.165) is 59.0 Å². The second-order valence-corrected chi connectivity index (χ2v) is 7.09. The number of anilines is 1. The fraction of sp³-hybridized carbons (Fsp3) is 0.800. The monoisotopic (exact) mass is 309 g/mol. The second kappa shape index (κ2) is 7.05. The fourth-order valence-electron chi connectivity index (χ4n) is 2.86. The predicted molar refractivity (Wildman–Crippen MR) is 86.0 cm³/mol. The van der Waals surface area contributed by atoms with Gasteiger partial charge in [0.05, 0.1) is 19.8 Å². The molecule has 1 radical (unpaired) electrons. The van der Waals surface area contributed by atoms with E-state index in [4.69, 9.17) is 4.74 Å². The van der Waals surface area contributed by atoms with Crippen LogP contribution >= 0.6 is 11.3 Å². The van der Waals surface area contributed by atoms with Gasteiger partial charge in [0.2, 0.25) is 0 Å². The first-order valence-electron chi connectivity index (χ1n) is 7.89. The largest absolute Gasteiger partial charge is 0.379 e. The van der Waals surface area contributed by atoms with Gasteiger partial charge in [0.25, 0.3) is 0 Å². The number of rotatable bonds is 4. The summed E-state index contributed by atoms with van der Waals surface area (Å²) < 4.78 is 5.39. The summed E-state index contributed by atoms with van der Waals surface area (Å²) >= 11 is 1.80. The maximum atomic E-state index is 5.39. The molecule has 0 N–H and O–H groups in total. The molecule has 0 aromatic carbocycles. The summed E-state index contributed by atoms with van der Waals surface area (Å²) in [5, 5.41) is 2.39. The summed E-state index contributed by atoms with van der Waals surface area (Å²) in [6, 6.07) is 0.648. The number of aromatic nitrogens is 1. The Kier molecular flexibility index (Phi) is 5.11. The molecule has 0 bridgehead atoms. The van der Waals surface area contributed by atoms with E-state index in [1.807, 2.05) is 0 Å². The molecule has 0 spiro atoms. The Morgan fingerprint density at radius 3 is 2.52 bits per heavy atom. The molecule has 117 valence electrons. The lowest BCUT2D eigenvalue weighted by Gasteiger charge is -2.37. The summed E-state index contributed by atoms with van der Waals surface area (Å²) in [6.45, 7) is 13.7. The highest BCUT2D eigenvalue weighted by molar-refractivity contribution is 7.15. The van der Waals surface area contributed by atoms with Crippen molar-refractivity contribution in [2.45, 2.75) is 26.4 Å². The van der Waals surface area contributed by atoms with Gasteiger partial charge >= 0.3 is 0 Å². The first-order valence-corrected chi connectivity index (χ1v) is 8.70. The van der Waals surface area contributed by atoms with Gasteiger partial charge in [0.15, 0.2) is 0 Å². The summed E-state index contributed by atoms with van der Waals surface area (Å²) in [6.07, 6.45) is 3.23. The van der Waals surface area contributed by atoms with E-state index in [1.54, 1.807) is 11.3 Å². The van der Waals surface area contributed by atoms with Crippen molar-refractivity contribution in [1.82, 2.24) is 14.8 Å². The van der Waals surface area contributed by atoms with Gasteiger partial charge in [0.1, 0.15) is 16.2 Å². The number of hydrogen-bond acceptors (Lipinski definition) is 6. The van der Waals surface area contributed by atoms with Crippen LogP contribution in [0.1, 0.15) is 18.9 Å². The third-order valence-corrected chi connectivity index (χ3v) is 5.28. The molecular weight excluding hydrogens is 284 g/mol. The smallest absolute Gasteiger partial charge is 0.127 e. The molecule has 2 saturated heterocycles. The third kappa shape index (κ3) is 3.94. The van der Waals surface area contributed by atoms with E-state index >= 15 is 0 Å². The molecule has 2 fully saturated rings. The molecule has 2 aliphatic rings. The van der Waals surface area contributed by atoms with Crippen LogP contribution < -0.4 is 4.90 Å². The highest BCUT2D eigenvalue weighted by atomic mass is 32.1. The Balaban J connectivity index is 1.53. The van der Waals surface area contributed by atoms with Crippen LogP contribution in [0.15, 0.2) is 0 Å². The number of morpholine rings is 1. The van der Waals surface area contributed by atoms with E-state index in [1.165, 1.54) is 10.0 Å². The Hall–Kier alpha value is -0.690. The van der Waals surface area contributed by atoms with Gasteiger partial charge in [-0.15, -0.1) is 0 Å². The standard InChI is InChI=1S/C15H25N4OS/c1-13(2)18-3-5-19(6-4-18)15-11-16-14(21-15)12-17-7-9-20-10-8-17/h13H,3-10,12H2,1-2H3. The van der Waals surface area contributed by atoms with Crippen LogP contribution in [0.3, 0.4) is 0 Å². The molecule has 3 heterocycles. The van der Waals surface area contributed by atoms with Gasteiger partial charge < -0.3 is 9.64 Å². The van der Waals surface area contributed by atoms with Gasteiger partial charge in [-0.3, -0.25) is 9.80 Å². The van der Waals surface area contributed by atoms with Gasteiger partial charge in [-0.1, -0.05) is 11.3 Å². The molecule has 21 heavy (non-hydrogen) atoms. The molecule has 6 heteroatoms. The lowest BCUT2D eigenvalue weighted by Crippen LogP contribution is -2.48. The average molecular weight is 309 g/mol. The van der Waals surface area contributed by atoms with Crippen LogP contribution in [-0.2, 0) is 11.3 Å². The zero-order chi connectivity index (χ0) is 14.7. The number of nitrogens with zero attached hydrogens (tertiary/aromatic N) is 4. The minimum atomic E-state index is 0.648. The normalized spacial score (nSPS) is 22.1. The van der Waals surface area contributed by atoms with Crippen molar-refractivity contribution in [1.29, 1.82) is 0 Å². The van der Waals surface area contributed by atoms with E-state index < -0.39 is 0 Å². The van der Waals surface area contributed by atoms with E-state index in [2.05, 4.69) is 39.7 Å². The Labute approximate surface area is 131 Å². The third-order valence-electron chi connectivity index (χ3n) is 4.29. The zero-order valence-electron chi connectivity index (χ0n) is 13.0. The number of piperazine rings is 1. The first kappa shape index (κ1) is 15.2. The summed E-state index contributed by atoms with van der Waals surface area (Å²) in [4.78, 5) is 11.9. The van der Waals surface area contributed by atoms with Crippen LogP contribution in [0.4, 0.5) is 5.00 Å². The van der Waals surface area contributed by atoms with Crippen molar-refractivity contribution < 1.29 is 4.74 Å². The van der Waals surface area contributed by atoms with Gasteiger partial charge in [-0.2, -0.15) is 0 Å². The molecule has 1 aromatic rings. The minimum Gasteiger partial charge on any atom is -0.379 e. The maximum absolute atomic E-state index is 5.39. The van der Waals surface area contributed by atoms with Crippen molar-refractivity contribution in [3.05, 3.63) is 11.2 Å². The van der Waals surface area contributed by atoms with Crippen molar-refractivity contribution in [3.8, 4) is 0 Å². The molecule has 0 aliphatic carbocycles. The summed E-state index contributed by atoms with van der Waals surface area (Å²) in [7, 11) is 0. The molecule has 1 aromatic heterocycles. The Bertz CT molecular complexity index is 437. The second-order valence-electron chi connectivity index (χ2n) is 6.03. The lowest BCUT2D eigenvalue weighted by atomic mass is 10.2. The molecule has 2 aliphatic heterocycles. The van der Waals surface area contributed by atoms with Crippen molar-refractivity contribution >= 4 is 16.3 Å². The van der Waals surface area contributed by atoms with E-state index in [0.29, 0.717) is 6.04 Å². The van der Waals surface area contributed by atoms with Crippen LogP contribution in [0.25, 0.3) is 0 Å². The average Bonchev–Trinajstić information content (AvgIpc) is 2.97.